The molecule has 0 atom stereocenters. The zero-order valence-corrected chi connectivity index (χ0v) is 10.1. The van der Waals surface area contributed by atoms with Gasteiger partial charge in [0.1, 0.15) is 0 Å². The molecule has 1 aliphatic rings. The molecule has 0 aliphatic carbocycles. The number of piperidine rings is 1. The van der Waals surface area contributed by atoms with Gasteiger partial charge in [0.2, 0.25) is 0 Å². The number of nitrogens with one attached hydrogen (secondary N) is 1. The molecule has 17 heavy (non-hydrogen) atoms. The SMILES string of the molecule is O=C(O)CCCC(=O)OCCC1CCNCC1. The topological polar surface area (TPSA) is 75.6 Å². The van der Waals surface area contributed by atoms with E-state index in [1.54, 1.807) is 0 Å². The molecular formula is C12H21NO4. The highest BCUT2D eigenvalue weighted by Crippen LogP contribution is 2.15. The number of carboxylic acids is 1. The first-order valence-corrected chi connectivity index (χ1v) is 6.26. The van der Waals surface area contributed by atoms with Crippen LogP contribution in [0.15, 0.2) is 0 Å². The van der Waals surface area contributed by atoms with Gasteiger partial charge in [0.25, 0.3) is 0 Å². The molecule has 1 heterocycles. The van der Waals surface area contributed by atoms with Gasteiger partial charge < -0.3 is 15.2 Å². The number of carboxylic acid groups (broad SMARTS) is 1. The van der Waals surface area contributed by atoms with Gasteiger partial charge in [-0.2, -0.15) is 0 Å². The fourth-order valence-corrected chi connectivity index (χ4v) is 1.97. The highest BCUT2D eigenvalue weighted by Gasteiger charge is 2.13. The van der Waals surface area contributed by atoms with Crippen molar-refractivity contribution < 1.29 is 19.4 Å². The summed E-state index contributed by atoms with van der Waals surface area (Å²) in [4.78, 5) is 21.5. The Balaban J connectivity index is 1.97. The average Bonchev–Trinajstić information content (AvgIpc) is 2.30. The van der Waals surface area contributed by atoms with Crippen molar-refractivity contribution in [2.24, 2.45) is 5.92 Å². The van der Waals surface area contributed by atoms with Gasteiger partial charge in [-0.1, -0.05) is 0 Å². The van der Waals surface area contributed by atoms with Crippen molar-refractivity contribution >= 4 is 11.9 Å². The minimum atomic E-state index is -0.868. The second-order valence-corrected chi connectivity index (χ2v) is 4.45. The zero-order valence-electron chi connectivity index (χ0n) is 10.1. The summed E-state index contributed by atoms with van der Waals surface area (Å²) in [5.41, 5.74) is 0. The monoisotopic (exact) mass is 243 g/mol. The predicted octanol–water partition coefficient (Wildman–Crippen LogP) is 1.17. The molecule has 0 aromatic heterocycles. The molecule has 0 aromatic rings. The Labute approximate surface area is 102 Å². The zero-order chi connectivity index (χ0) is 12.5. The number of hydrogen-bond donors (Lipinski definition) is 2. The third-order valence-corrected chi connectivity index (χ3v) is 3.02. The number of rotatable bonds is 7. The van der Waals surface area contributed by atoms with Gasteiger partial charge in [-0.25, -0.2) is 0 Å². The molecule has 1 rings (SSSR count). The molecule has 0 unspecified atom stereocenters. The van der Waals surface area contributed by atoms with Crippen LogP contribution in [0, 0.1) is 5.92 Å². The van der Waals surface area contributed by atoms with Gasteiger partial charge in [0.05, 0.1) is 6.61 Å². The van der Waals surface area contributed by atoms with Crippen molar-refractivity contribution in [1.82, 2.24) is 5.32 Å². The van der Waals surface area contributed by atoms with E-state index in [1.807, 2.05) is 0 Å². The van der Waals surface area contributed by atoms with Crippen molar-refractivity contribution in [2.75, 3.05) is 19.7 Å². The summed E-state index contributed by atoms with van der Waals surface area (Å²) in [5.74, 6) is -0.490. The first-order valence-electron chi connectivity index (χ1n) is 6.26. The minimum absolute atomic E-state index is 0.0311. The first kappa shape index (κ1) is 14.0. The number of aliphatic carboxylic acids is 1. The van der Waals surface area contributed by atoms with Gasteiger partial charge in [-0.3, -0.25) is 9.59 Å². The van der Waals surface area contributed by atoms with E-state index in [1.165, 1.54) is 0 Å². The van der Waals surface area contributed by atoms with Gasteiger partial charge in [0, 0.05) is 12.8 Å². The molecule has 0 bridgehead atoms. The molecule has 0 aromatic carbocycles. The Hall–Kier alpha value is -1.10. The number of carbonyl (C=O) groups excluding carboxylic acids is 1. The van der Waals surface area contributed by atoms with Crippen LogP contribution in [0.1, 0.15) is 38.5 Å². The maximum absolute atomic E-state index is 11.2. The van der Waals surface area contributed by atoms with Crippen LogP contribution in [-0.4, -0.2) is 36.7 Å². The van der Waals surface area contributed by atoms with Crippen LogP contribution in [0.4, 0.5) is 0 Å². The van der Waals surface area contributed by atoms with Crippen LogP contribution < -0.4 is 5.32 Å². The van der Waals surface area contributed by atoms with Crippen molar-refractivity contribution in [2.45, 2.75) is 38.5 Å². The summed E-state index contributed by atoms with van der Waals surface area (Å²) in [6, 6.07) is 0. The molecule has 1 saturated heterocycles. The largest absolute Gasteiger partial charge is 0.481 e. The Bertz CT molecular complexity index is 249. The Kier molecular flexibility index (Phi) is 6.62. The van der Waals surface area contributed by atoms with Crippen molar-refractivity contribution in [3.63, 3.8) is 0 Å². The standard InChI is InChI=1S/C12H21NO4/c14-11(15)2-1-3-12(16)17-9-6-10-4-7-13-8-5-10/h10,13H,1-9H2,(H,14,15). The highest BCUT2D eigenvalue weighted by atomic mass is 16.5. The van der Waals surface area contributed by atoms with Gasteiger partial charge in [-0.15, -0.1) is 0 Å². The summed E-state index contributed by atoms with van der Waals surface area (Å²) in [7, 11) is 0. The molecule has 0 amide bonds. The van der Waals surface area contributed by atoms with Gasteiger partial charge in [0.15, 0.2) is 0 Å². The van der Waals surface area contributed by atoms with E-state index in [-0.39, 0.29) is 18.8 Å². The maximum atomic E-state index is 11.2. The third-order valence-electron chi connectivity index (χ3n) is 3.02. The van der Waals surface area contributed by atoms with Crippen LogP contribution in [0.3, 0.4) is 0 Å². The Morgan fingerprint density at radius 3 is 2.59 bits per heavy atom. The van der Waals surface area contributed by atoms with Crippen LogP contribution in [0.25, 0.3) is 0 Å². The van der Waals surface area contributed by atoms with E-state index in [0.717, 1.165) is 32.4 Å². The molecule has 0 radical (unpaired) electrons. The second kappa shape index (κ2) is 8.06. The van der Waals surface area contributed by atoms with Gasteiger partial charge in [-0.05, 0) is 44.7 Å². The van der Waals surface area contributed by atoms with Crippen molar-refractivity contribution in [3.05, 3.63) is 0 Å². The highest BCUT2D eigenvalue weighted by molar-refractivity contribution is 5.71. The molecule has 1 aliphatic heterocycles. The lowest BCUT2D eigenvalue weighted by Crippen LogP contribution is -2.28. The summed E-state index contributed by atoms with van der Waals surface area (Å²) < 4.78 is 5.07. The molecule has 98 valence electrons. The van der Waals surface area contributed by atoms with Crippen LogP contribution in [-0.2, 0) is 14.3 Å². The normalized spacial score (nSPS) is 16.7. The van der Waals surface area contributed by atoms with E-state index in [4.69, 9.17) is 9.84 Å². The van der Waals surface area contributed by atoms with E-state index in [9.17, 15) is 9.59 Å². The fourth-order valence-electron chi connectivity index (χ4n) is 1.97. The molecular weight excluding hydrogens is 222 g/mol. The fraction of sp³-hybridized carbons (Fsp3) is 0.833. The van der Waals surface area contributed by atoms with E-state index in [2.05, 4.69) is 5.32 Å². The number of carbonyl (C=O) groups is 2. The smallest absolute Gasteiger partial charge is 0.305 e. The summed E-state index contributed by atoms with van der Waals surface area (Å²) in [5, 5.41) is 11.7. The van der Waals surface area contributed by atoms with Crippen LogP contribution >= 0.6 is 0 Å². The molecule has 0 spiro atoms. The van der Waals surface area contributed by atoms with E-state index < -0.39 is 5.97 Å². The lowest BCUT2D eigenvalue weighted by Gasteiger charge is -2.22. The Morgan fingerprint density at radius 1 is 1.24 bits per heavy atom. The molecule has 5 heteroatoms. The summed E-state index contributed by atoms with van der Waals surface area (Å²) in [6.45, 7) is 2.57. The quantitative estimate of drug-likeness (QED) is 0.656. The molecule has 1 fully saturated rings. The maximum Gasteiger partial charge on any atom is 0.305 e. The van der Waals surface area contributed by atoms with Crippen molar-refractivity contribution in [1.29, 1.82) is 0 Å². The molecule has 5 nitrogen and oxygen atoms in total. The van der Waals surface area contributed by atoms with E-state index in [0.29, 0.717) is 18.9 Å². The van der Waals surface area contributed by atoms with Gasteiger partial charge >= 0.3 is 11.9 Å². The number of hydrogen-bond acceptors (Lipinski definition) is 4. The molecule has 2 N–H and O–H groups in total. The lowest BCUT2D eigenvalue weighted by atomic mass is 9.95. The second-order valence-electron chi connectivity index (χ2n) is 4.45. The third kappa shape index (κ3) is 6.94. The van der Waals surface area contributed by atoms with E-state index >= 15 is 0 Å². The molecule has 0 saturated carbocycles. The Morgan fingerprint density at radius 2 is 1.94 bits per heavy atom. The minimum Gasteiger partial charge on any atom is -0.481 e. The van der Waals surface area contributed by atoms with Crippen molar-refractivity contribution in [3.8, 4) is 0 Å². The lowest BCUT2D eigenvalue weighted by molar-refractivity contribution is -0.144. The predicted molar refractivity (Wildman–Crippen MR) is 62.7 cm³/mol. The van der Waals surface area contributed by atoms with Crippen LogP contribution in [0.2, 0.25) is 0 Å². The number of esters is 1. The number of ether oxygens (including phenoxy) is 1. The average molecular weight is 243 g/mol. The summed E-state index contributed by atoms with van der Waals surface area (Å²) >= 11 is 0. The summed E-state index contributed by atoms with van der Waals surface area (Å²) in [6.07, 6.45) is 3.82. The first-order chi connectivity index (χ1) is 8.18. The van der Waals surface area contributed by atoms with Crippen LogP contribution in [0.5, 0.6) is 0 Å².